The van der Waals surface area contributed by atoms with Gasteiger partial charge < -0.3 is 15.5 Å². The van der Waals surface area contributed by atoms with Crippen molar-refractivity contribution in [2.75, 3.05) is 5.32 Å². The number of para-hydroxylation sites is 2. The van der Waals surface area contributed by atoms with Gasteiger partial charge in [-0.3, -0.25) is 9.59 Å². The van der Waals surface area contributed by atoms with Crippen molar-refractivity contribution in [3.8, 4) is 0 Å². The molecule has 0 aliphatic heterocycles. The van der Waals surface area contributed by atoms with Crippen LogP contribution in [0.3, 0.4) is 0 Å². The second kappa shape index (κ2) is 8.20. The summed E-state index contributed by atoms with van der Waals surface area (Å²) in [6, 6.07) is 21.4. The molecule has 3 N–H and O–H groups in total. The molecule has 0 bridgehead atoms. The molecule has 4 rings (SSSR count). The molecule has 0 saturated carbocycles. The molecule has 0 aliphatic carbocycles. The number of nitrogens with two attached hydrogens (primary N) is 1. The van der Waals surface area contributed by atoms with E-state index in [1.165, 1.54) is 11.8 Å². The highest BCUT2D eigenvalue weighted by molar-refractivity contribution is 7.98. The molecule has 4 aromatic rings. The molecule has 6 nitrogen and oxygen atoms in total. The molecule has 2 amide bonds. The van der Waals surface area contributed by atoms with E-state index in [-0.39, 0.29) is 5.91 Å². The van der Waals surface area contributed by atoms with E-state index < -0.39 is 5.91 Å². The topological polar surface area (TPSA) is 98.2 Å². The highest BCUT2D eigenvalue weighted by atomic mass is 32.2. The van der Waals surface area contributed by atoms with Gasteiger partial charge in [0, 0.05) is 22.6 Å². The molecule has 0 radical (unpaired) electrons. The smallest absolute Gasteiger partial charge is 0.257 e. The quantitative estimate of drug-likeness (QED) is 0.463. The first-order valence-electron chi connectivity index (χ1n) is 8.87. The van der Waals surface area contributed by atoms with Gasteiger partial charge in [0.25, 0.3) is 11.1 Å². The average molecular weight is 403 g/mol. The number of hydrogen-bond donors (Lipinski definition) is 2. The number of nitrogens with zero attached hydrogens (tertiary/aromatic N) is 1. The molecule has 1 heterocycles. The van der Waals surface area contributed by atoms with Crippen LogP contribution in [0.5, 0.6) is 0 Å². The number of amides is 2. The van der Waals surface area contributed by atoms with Crippen molar-refractivity contribution < 1.29 is 14.0 Å². The van der Waals surface area contributed by atoms with Crippen molar-refractivity contribution in [1.82, 2.24) is 4.98 Å². The van der Waals surface area contributed by atoms with E-state index in [1.807, 2.05) is 42.5 Å². The summed E-state index contributed by atoms with van der Waals surface area (Å²) < 4.78 is 5.73. The first-order chi connectivity index (χ1) is 14.1. The Hall–Kier alpha value is -3.58. The van der Waals surface area contributed by atoms with Crippen LogP contribution in [0.15, 0.2) is 82.4 Å². The zero-order valence-electron chi connectivity index (χ0n) is 15.3. The summed E-state index contributed by atoms with van der Waals surface area (Å²) in [6.45, 7) is 0. The van der Waals surface area contributed by atoms with E-state index in [2.05, 4.69) is 10.3 Å². The maximum absolute atomic E-state index is 12.8. The van der Waals surface area contributed by atoms with Gasteiger partial charge in [-0.15, -0.1) is 0 Å². The Bertz CT molecular complexity index is 1170. The van der Waals surface area contributed by atoms with Crippen LogP contribution in [0, 0.1) is 0 Å². The number of carbonyl (C=O) groups excluding carboxylic acids is 2. The predicted molar refractivity (Wildman–Crippen MR) is 113 cm³/mol. The minimum atomic E-state index is -0.545. The van der Waals surface area contributed by atoms with Crippen LogP contribution in [-0.2, 0) is 5.75 Å². The molecular weight excluding hydrogens is 386 g/mol. The number of primary amides is 1. The lowest BCUT2D eigenvalue weighted by molar-refractivity contribution is 0.0996. The molecule has 29 heavy (non-hydrogen) atoms. The fourth-order valence-corrected chi connectivity index (χ4v) is 3.71. The number of oxazole rings is 1. The van der Waals surface area contributed by atoms with Gasteiger partial charge >= 0.3 is 0 Å². The van der Waals surface area contributed by atoms with Gasteiger partial charge in [0.2, 0.25) is 5.91 Å². The fourth-order valence-electron chi connectivity index (χ4n) is 2.87. The summed E-state index contributed by atoms with van der Waals surface area (Å²) in [5, 5.41) is 3.37. The van der Waals surface area contributed by atoms with E-state index in [4.69, 9.17) is 10.2 Å². The maximum Gasteiger partial charge on any atom is 0.257 e. The lowest BCUT2D eigenvalue weighted by Gasteiger charge is -2.10. The highest BCUT2D eigenvalue weighted by Crippen LogP contribution is 2.27. The zero-order valence-corrected chi connectivity index (χ0v) is 16.1. The van der Waals surface area contributed by atoms with E-state index in [1.54, 1.807) is 30.3 Å². The number of aromatic nitrogens is 1. The Kier molecular flexibility index (Phi) is 5.31. The largest absolute Gasteiger partial charge is 0.431 e. The summed E-state index contributed by atoms with van der Waals surface area (Å²) in [6.07, 6.45) is 0. The number of rotatable bonds is 6. The third-order valence-electron chi connectivity index (χ3n) is 4.29. The van der Waals surface area contributed by atoms with Gasteiger partial charge in [0.1, 0.15) is 5.52 Å². The minimum Gasteiger partial charge on any atom is -0.431 e. The molecule has 7 heteroatoms. The summed E-state index contributed by atoms with van der Waals surface area (Å²) in [7, 11) is 0. The van der Waals surface area contributed by atoms with Crippen molar-refractivity contribution in [2.24, 2.45) is 5.73 Å². The second-order valence-corrected chi connectivity index (χ2v) is 7.22. The number of benzene rings is 3. The Morgan fingerprint density at radius 3 is 2.62 bits per heavy atom. The van der Waals surface area contributed by atoms with Crippen LogP contribution in [0.1, 0.15) is 26.3 Å². The monoisotopic (exact) mass is 403 g/mol. The van der Waals surface area contributed by atoms with Gasteiger partial charge in [-0.05, 0) is 42.0 Å². The summed E-state index contributed by atoms with van der Waals surface area (Å²) in [5.74, 6) is -0.283. The third kappa shape index (κ3) is 4.30. The van der Waals surface area contributed by atoms with Gasteiger partial charge in [-0.2, -0.15) is 0 Å². The van der Waals surface area contributed by atoms with Crippen molar-refractivity contribution in [1.29, 1.82) is 0 Å². The summed E-state index contributed by atoms with van der Waals surface area (Å²) in [5.41, 5.74) is 9.07. The average Bonchev–Trinajstić information content (AvgIpc) is 3.15. The van der Waals surface area contributed by atoms with E-state index in [0.717, 1.165) is 16.7 Å². The molecule has 1 aromatic heterocycles. The number of hydrogen-bond acceptors (Lipinski definition) is 5. The molecule has 3 aromatic carbocycles. The first-order valence-corrected chi connectivity index (χ1v) is 9.86. The Morgan fingerprint density at radius 2 is 1.79 bits per heavy atom. The number of thioether (sulfide) groups is 1. The maximum atomic E-state index is 12.8. The van der Waals surface area contributed by atoms with Gasteiger partial charge in [0.15, 0.2) is 5.58 Å². The van der Waals surface area contributed by atoms with Crippen LogP contribution in [-0.4, -0.2) is 16.8 Å². The first kappa shape index (κ1) is 18.8. The molecule has 0 unspecified atom stereocenters. The van der Waals surface area contributed by atoms with Gasteiger partial charge in [-0.25, -0.2) is 4.98 Å². The number of anilines is 1. The second-order valence-electron chi connectivity index (χ2n) is 6.29. The molecular formula is C22H17N3O3S. The molecule has 0 atom stereocenters. The van der Waals surface area contributed by atoms with E-state index >= 15 is 0 Å². The molecule has 0 aliphatic rings. The van der Waals surface area contributed by atoms with Crippen LogP contribution >= 0.6 is 11.8 Å². The normalized spacial score (nSPS) is 10.8. The van der Waals surface area contributed by atoms with Crippen LogP contribution in [0.25, 0.3) is 11.1 Å². The van der Waals surface area contributed by atoms with Crippen molar-refractivity contribution in [2.45, 2.75) is 11.0 Å². The molecule has 0 spiro atoms. The van der Waals surface area contributed by atoms with Crippen LogP contribution in [0.2, 0.25) is 0 Å². The molecule has 144 valence electrons. The Balaban J connectivity index is 1.50. The van der Waals surface area contributed by atoms with E-state index in [0.29, 0.717) is 27.8 Å². The fraction of sp³-hybridized carbons (Fsp3) is 0.0455. The lowest BCUT2D eigenvalue weighted by atomic mass is 10.1. The van der Waals surface area contributed by atoms with Crippen molar-refractivity contribution >= 4 is 40.4 Å². The third-order valence-corrected chi connectivity index (χ3v) is 5.17. The van der Waals surface area contributed by atoms with E-state index in [9.17, 15) is 9.59 Å². The van der Waals surface area contributed by atoms with Gasteiger partial charge in [0.05, 0.1) is 0 Å². The highest BCUT2D eigenvalue weighted by Gasteiger charge is 2.14. The number of nitrogens with one attached hydrogen (secondary N) is 1. The Labute approximate surface area is 171 Å². The minimum absolute atomic E-state index is 0.264. The SMILES string of the molecule is NC(=O)c1cccc(NC(=O)c2ccccc2CSc2nc3ccccc3o2)c1. The van der Waals surface area contributed by atoms with Crippen molar-refractivity contribution in [3.63, 3.8) is 0 Å². The zero-order chi connectivity index (χ0) is 20.2. The Morgan fingerprint density at radius 1 is 1.00 bits per heavy atom. The van der Waals surface area contributed by atoms with Gasteiger partial charge in [-0.1, -0.05) is 48.2 Å². The number of fused-ring (bicyclic) bond motifs is 1. The standard InChI is InChI=1S/C22H17N3O3S/c23-20(26)14-7-5-8-16(12-14)24-21(27)17-9-2-1-6-15(17)13-29-22-25-18-10-3-4-11-19(18)28-22/h1-12H,13H2,(H2,23,26)(H,24,27). The molecule has 0 fully saturated rings. The number of carbonyl (C=O) groups is 2. The predicted octanol–water partition coefficient (Wildman–Crippen LogP) is 4.47. The molecule has 0 saturated heterocycles. The van der Waals surface area contributed by atoms with Crippen LogP contribution in [0.4, 0.5) is 5.69 Å². The van der Waals surface area contributed by atoms with Crippen LogP contribution < -0.4 is 11.1 Å². The summed E-state index contributed by atoms with van der Waals surface area (Å²) >= 11 is 1.42. The summed E-state index contributed by atoms with van der Waals surface area (Å²) in [4.78, 5) is 28.6. The van der Waals surface area contributed by atoms with Crippen molar-refractivity contribution in [3.05, 3.63) is 89.5 Å². The lowest BCUT2D eigenvalue weighted by Crippen LogP contribution is -2.15.